The molecule has 2 aromatic rings. The van der Waals surface area contributed by atoms with E-state index in [0.29, 0.717) is 0 Å². The molecule has 0 aliphatic heterocycles. The minimum atomic E-state index is 0.729. The number of nitrogens with one attached hydrogen (secondary N) is 1. The van der Waals surface area contributed by atoms with Crippen LogP contribution in [0.4, 0.5) is 5.13 Å². The minimum absolute atomic E-state index is 0.729. The second-order valence-electron chi connectivity index (χ2n) is 4.66. The summed E-state index contributed by atoms with van der Waals surface area (Å²) in [7, 11) is 0. The van der Waals surface area contributed by atoms with Crippen molar-refractivity contribution in [2.45, 2.75) is 32.1 Å². The van der Waals surface area contributed by atoms with E-state index >= 15 is 0 Å². The summed E-state index contributed by atoms with van der Waals surface area (Å²) in [5, 5.41) is 13.7. The van der Waals surface area contributed by atoms with Crippen LogP contribution in [0.1, 0.15) is 37.7 Å². The zero-order chi connectivity index (χ0) is 12.4. The van der Waals surface area contributed by atoms with Crippen molar-refractivity contribution in [2.75, 3.05) is 11.9 Å². The van der Waals surface area contributed by atoms with E-state index in [1.54, 1.807) is 11.3 Å². The Morgan fingerprint density at radius 1 is 1.28 bits per heavy atom. The van der Waals surface area contributed by atoms with Gasteiger partial charge in [0.1, 0.15) is 5.01 Å². The van der Waals surface area contributed by atoms with Gasteiger partial charge in [0.25, 0.3) is 0 Å². The summed E-state index contributed by atoms with van der Waals surface area (Å²) in [6, 6.07) is 8.63. The van der Waals surface area contributed by atoms with Crippen LogP contribution in [0.15, 0.2) is 24.3 Å². The Labute approximate surface area is 111 Å². The molecule has 0 saturated heterocycles. The van der Waals surface area contributed by atoms with Gasteiger partial charge in [-0.15, -0.1) is 10.2 Å². The van der Waals surface area contributed by atoms with Crippen LogP contribution in [-0.2, 0) is 0 Å². The van der Waals surface area contributed by atoms with Gasteiger partial charge in [-0.2, -0.15) is 0 Å². The van der Waals surface area contributed by atoms with Gasteiger partial charge in [-0.3, -0.25) is 0 Å². The molecule has 1 aromatic heterocycles. The Morgan fingerprint density at radius 3 is 2.83 bits per heavy atom. The van der Waals surface area contributed by atoms with Gasteiger partial charge in [0.2, 0.25) is 5.13 Å². The third-order valence-electron chi connectivity index (χ3n) is 3.49. The van der Waals surface area contributed by atoms with Gasteiger partial charge < -0.3 is 5.32 Å². The van der Waals surface area contributed by atoms with E-state index in [-0.39, 0.29) is 0 Å². The molecular weight excluding hydrogens is 242 g/mol. The van der Waals surface area contributed by atoms with E-state index in [0.717, 1.165) is 22.6 Å². The highest BCUT2D eigenvalue weighted by Gasteiger charge is 2.23. The number of nitrogens with zero attached hydrogens (tertiary/aromatic N) is 2. The summed E-state index contributed by atoms with van der Waals surface area (Å²) in [4.78, 5) is 0. The van der Waals surface area contributed by atoms with Crippen LogP contribution in [-0.4, -0.2) is 16.7 Å². The van der Waals surface area contributed by atoms with Crippen molar-refractivity contribution in [2.24, 2.45) is 0 Å². The molecule has 1 fully saturated rings. The molecule has 0 amide bonds. The van der Waals surface area contributed by atoms with Crippen molar-refractivity contribution in [1.82, 2.24) is 10.2 Å². The molecule has 1 aromatic carbocycles. The highest BCUT2D eigenvalue weighted by molar-refractivity contribution is 7.18. The van der Waals surface area contributed by atoms with Crippen LogP contribution in [0.5, 0.6) is 0 Å². The molecule has 0 unspecified atom stereocenters. The fraction of sp³-hybridized carbons (Fsp3) is 0.429. The smallest absolute Gasteiger partial charge is 0.205 e. The van der Waals surface area contributed by atoms with E-state index in [4.69, 9.17) is 0 Å². The fourth-order valence-corrected chi connectivity index (χ4v) is 3.18. The zero-order valence-corrected chi connectivity index (χ0v) is 11.3. The molecule has 1 aliphatic carbocycles. The minimum Gasteiger partial charge on any atom is -0.360 e. The first-order chi connectivity index (χ1) is 8.88. The Hall–Kier alpha value is -1.42. The van der Waals surface area contributed by atoms with E-state index in [2.05, 4.69) is 46.7 Å². The quantitative estimate of drug-likeness (QED) is 0.904. The summed E-state index contributed by atoms with van der Waals surface area (Å²) >= 11 is 1.64. The normalized spacial score (nSPS) is 15.4. The molecule has 1 saturated carbocycles. The molecule has 0 atom stereocenters. The average molecular weight is 259 g/mol. The molecule has 0 bridgehead atoms. The van der Waals surface area contributed by atoms with Crippen molar-refractivity contribution >= 4 is 16.5 Å². The standard InChI is InChI=1S/C14H17N3S/c1-2-15-14-17-16-13(18-14)12-9-4-3-8-11(12)10-6-5-7-10/h3-4,8-10H,2,5-7H2,1H3,(H,15,17). The van der Waals surface area contributed by atoms with Gasteiger partial charge in [0, 0.05) is 12.1 Å². The first kappa shape index (κ1) is 11.7. The van der Waals surface area contributed by atoms with Crippen LogP contribution in [0.2, 0.25) is 0 Å². The largest absolute Gasteiger partial charge is 0.360 e. The van der Waals surface area contributed by atoms with Crippen LogP contribution >= 0.6 is 11.3 Å². The average Bonchev–Trinajstić information content (AvgIpc) is 2.77. The van der Waals surface area contributed by atoms with Gasteiger partial charge in [-0.25, -0.2) is 0 Å². The summed E-state index contributed by atoms with van der Waals surface area (Å²) in [5.41, 5.74) is 2.71. The maximum Gasteiger partial charge on any atom is 0.205 e. The van der Waals surface area contributed by atoms with Crippen molar-refractivity contribution in [3.63, 3.8) is 0 Å². The van der Waals surface area contributed by atoms with Crippen LogP contribution in [0, 0.1) is 0 Å². The molecule has 0 spiro atoms. The molecule has 94 valence electrons. The lowest BCUT2D eigenvalue weighted by Crippen LogP contribution is -2.09. The summed E-state index contributed by atoms with van der Waals surface area (Å²) in [6.45, 7) is 2.96. The van der Waals surface area contributed by atoms with E-state index in [1.165, 1.54) is 30.4 Å². The molecule has 1 N–H and O–H groups in total. The second-order valence-corrected chi connectivity index (χ2v) is 5.64. The molecule has 18 heavy (non-hydrogen) atoms. The lowest BCUT2D eigenvalue weighted by atomic mass is 9.78. The van der Waals surface area contributed by atoms with Crippen LogP contribution in [0.3, 0.4) is 0 Å². The van der Waals surface area contributed by atoms with Crippen molar-refractivity contribution < 1.29 is 0 Å². The van der Waals surface area contributed by atoms with E-state index in [9.17, 15) is 0 Å². The molecular formula is C14H17N3S. The molecule has 1 aliphatic rings. The summed E-state index contributed by atoms with van der Waals surface area (Å²) in [6.07, 6.45) is 3.99. The predicted octanol–water partition coefficient (Wildman–Crippen LogP) is 3.90. The number of benzene rings is 1. The molecule has 3 nitrogen and oxygen atoms in total. The number of rotatable bonds is 4. The molecule has 3 rings (SSSR count). The Balaban J connectivity index is 1.94. The summed E-state index contributed by atoms with van der Waals surface area (Å²) in [5.74, 6) is 0.729. The molecule has 4 heteroatoms. The van der Waals surface area contributed by atoms with Crippen LogP contribution in [0.25, 0.3) is 10.6 Å². The zero-order valence-electron chi connectivity index (χ0n) is 10.5. The maximum atomic E-state index is 4.31. The number of aromatic nitrogens is 2. The van der Waals surface area contributed by atoms with Crippen molar-refractivity contribution in [3.05, 3.63) is 29.8 Å². The first-order valence-corrected chi connectivity index (χ1v) is 7.37. The van der Waals surface area contributed by atoms with E-state index in [1.807, 2.05) is 0 Å². The van der Waals surface area contributed by atoms with Crippen molar-refractivity contribution in [1.29, 1.82) is 0 Å². The number of hydrogen-bond acceptors (Lipinski definition) is 4. The molecule has 0 radical (unpaired) electrons. The number of hydrogen-bond donors (Lipinski definition) is 1. The van der Waals surface area contributed by atoms with Gasteiger partial charge in [-0.05, 0) is 31.2 Å². The topological polar surface area (TPSA) is 37.8 Å². The predicted molar refractivity (Wildman–Crippen MR) is 76.1 cm³/mol. The van der Waals surface area contributed by atoms with Gasteiger partial charge in [0.05, 0.1) is 0 Å². The fourth-order valence-electron chi connectivity index (χ4n) is 2.32. The second kappa shape index (κ2) is 5.06. The van der Waals surface area contributed by atoms with Gasteiger partial charge >= 0.3 is 0 Å². The highest BCUT2D eigenvalue weighted by atomic mass is 32.1. The SMILES string of the molecule is CCNc1nnc(-c2ccccc2C2CCC2)s1. The van der Waals surface area contributed by atoms with Crippen molar-refractivity contribution in [3.8, 4) is 10.6 Å². The third kappa shape index (κ3) is 2.12. The first-order valence-electron chi connectivity index (χ1n) is 6.55. The monoisotopic (exact) mass is 259 g/mol. The highest BCUT2D eigenvalue weighted by Crippen LogP contribution is 2.41. The Bertz CT molecular complexity index is 531. The third-order valence-corrected chi connectivity index (χ3v) is 4.40. The van der Waals surface area contributed by atoms with Gasteiger partial charge in [-0.1, -0.05) is 42.0 Å². The lowest BCUT2D eigenvalue weighted by molar-refractivity contribution is 0.420. The number of anilines is 1. The van der Waals surface area contributed by atoms with Crippen LogP contribution < -0.4 is 5.32 Å². The Morgan fingerprint density at radius 2 is 2.11 bits per heavy atom. The Kier molecular flexibility index (Phi) is 3.28. The van der Waals surface area contributed by atoms with E-state index < -0.39 is 0 Å². The lowest BCUT2D eigenvalue weighted by Gasteiger charge is -2.27. The summed E-state index contributed by atoms with van der Waals surface area (Å²) < 4.78 is 0. The molecule has 1 heterocycles. The van der Waals surface area contributed by atoms with Gasteiger partial charge in [0.15, 0.2) is 0 Å². The maximum absolute atomic E-state index is 4.31.